The van der Waals surface area contributed by atoms with Gasteiger partial charge in [-0.05, 0) is 45.8 Å². The molecule has 2 atom stereocenters. The number of methoxy groups -OCH3 is 2. The van der Waals surface area contributed by atoms with E-state index in [0.717, 1.165) is 5.69 Å². The van der Waals surface area contributed by atoms with E-state index in [2.05, 4.69) is 30.9 Å². The third-order valence-corrected chi connectivity index (χ3v) is 7.44. The summed E-state index contributed by atoms with van der Waals surface area (Å²) >= 11 is 3.69. The van der Waals surface area contributed by atoms with Gasteiger partial charge in [0.05, 0.1) is 29.6 Å². The zero-order valence-corrected chi connectivity index (χ0v) is 23.6. The highest BCUT2D eigenvalue weighted by molar-refractivity contribution is 9.10. The van der Waals surface area contributed by atoms with E-state index in [9.17, 15) is 9.18 Å². The lowest BCUT2D eigenvalue weighted by molar-refractivity contribution is -0.155. The molecular weight excluding hydrogens is 583 g/mol. The van der Waals surface area contributed by atoms with Crippen LogP contribution in [0.25, 0.3) is 16.9 Å². The van der Waals surface area contributed by atoms with Crippen molar-refractivity contribution in [2.45, 2.75) is 18.9 Å². The fourth-order valence-electron chi connectivity index (χ4n) is 4.73. The Bertz CT molecular complexity index is 1450. The average Bonchev–Trinajstić information content (AvgIpc) is 3.52. The quantitative estimate of drug-likeness (QED) is 0.229. The molecule has 1 fully saturated rings. The first-order valence-corrected chi connectivity index (χ1v) is 13.5. The second kappa shape index (κ2) is 12.7. The lowest BCUT2D eigenvalue weighted by Crippen LogP contribution is -2.24. The van der Waals surface area contributed by atoms with Crippen LogP contribution < -0.4 is 4.74 Å². The van der Waals surface area contributed by atoms with E-state index in [1.54, 1.807) is 35.3 Å². The molecule has 1 aliphatic rings. The molecule has 1 saturated heterocycles. The summed E-state index contributed by atoms with van der Waals surface area (Å²) < 4.78 is 26.6. The van der Waals surface area contributed by atoms with Crippen LogP contribution in [-0.2, 0) is 20.8 Å². The minimum Gasteiger partial charge on any atom is -0.467 e. The van der Waals surface area contributed by atoms with Gasteiger partial charge in [-0.25, -0.2) is 19.6 Å². The molecule has 4 aromatic rings. The van der Waals surface area contributed by atoms with E-state index in [-0.39, 0.29) is 30.6 Å². The summed E-state index contributed by atoms with van der Waals surface area (Å²) in [6, 6.07) is 12.9. The number of halogens is 2. The van der Waals surface area contributed by atoms with Gasteiger partial charge in [-0.1, -0.05) is 18.2 Å². The van der Waals surface area contributed by atoms with E-state index in [1.165, 1.54) is 19.4 Å². The van der Waals surface area contributed by atoms with Gasteiger partial charge in [-0.3, -0.25) is 9.63 Å². The maximum Gasteiger partial charge on any atom is 0.316 e. The van der Waals surface area contributed by atoms with Crippen molar-refractivity contribution >= 4 is 21.7 Å². The van der Waals surface area contributed by atoms with E-state index in [1.807, 2.05) is 30.3 Å². The Morgan fingerprint density at radius 3 is 2.62 bits per heavy atom. The molecule has 40 heavy (non-hydrogen) atoms. The predicted octanol–water partition coefficient (Wildman–Crippen LogP) is 4.39. The monoisotopic (exact) mass is 610 g/mol. The molecular formula is C28H28BrFN6O4. The highest BCUT2D eigenvalue weighted by Crippen LogP contribution is 2.37. The summed E-state index contributed by atoms with van der Waals surface area (Å²) in [6.45, 7) is 1.52. The van der Waals surface area contributed by atoms with E-state index >= 15 is 0 Å². The first-order chi connectivity index (χ1) is 19.5. The third kappa shape index (κ3) is 6.25. The molecule has 10 nitrogen and oxygen atoms in total. The Morgan fingerprint density at radius 1 is 1.15 bits per heavy atom. The molecule has 4 heterocycles. The number of benzene rings is 1. The van der Waals surface area contributed by atoms with Crippen LogP contribution in [0.5, 0.6) is 6.01 Å². The Balaban J connectivity index is 1.42. The van der Waals surface area contributed by atoms with Crippen molar-refractivity contribution in [1.82, 2.24) is 29.8 Å². The van der Waals surface area contributed by atoms with E-state index < -0.39 is 12.1 Å². The smallest absolute Gasteiger partial charge is 0.316 e. The zero-order valence-electron chi connectivity index (χ0n) is 22.0. The minimum absolute atomic E-state index is 0.00275. The maximum atomic E-state index is 13.9. The molecule has 0 saturated carbocycles. The number of hydrogen-bond acceptors (Lipinski definition) is 9. The number of ketones is 1. The van der Waals surface area contributed by atoms with E-state index in [0.29, 0.717) is 46.7 Å². The van der Waals surface area contributed by atoms with Crippen molar-refractivity contribution in [2.24, 2.45) is 5.92 Å². The van der Waals surface area contributed by atoms with Crippen LogP contribution in [0.15, 0.2) is 65.5 Å². The summed E-state index contributed by atoms with van der Waals surface area (Å²) in [6.07, 6.45) is 4.53. The lowest BCUT2D eigenvalue weighted by Gasteiger charge is -2.17. The number of hydrogen-bond donors (Lipinski definition) is 0. The standard InChI is InChI=1S/C28H28BrFN6O4/c1-38-11-10-35-17-19(27(40-35)18-8-9-31-24(30)13-18)12-22(37)14-23-25(29)26(20-15-32-28(39-2)33-16-20)34-36(23)21-6-4-3-5-7-21/h3-9,13,15-16,19,27H,10-12,14,17H2,1-2H3/t19-,27+/m1/s1. The van der Waals surface area contributed by atoms with Gasteiger partial charge >= 0.3 is 6.01 Å². The number of rotatable bonds is 11. The number of carbonyl (C=O) groups is 1. The number of para-hydroxylation sites is 1. The molecule has 0 amide bonds. The molecule has 0 aliphatic carbocycles. The molecule has 0 N–H and O–H groups in total. The first-order valence-electron chi connectivity index (χ1n) is 12.7. The Kier molecular flexibility index (Phi) is 8.90. The fourth-order valence-corrected chi connectivity index (χ4v) is 5.35. The summed E-state index contributed by atoms with van der Waals surface area (Å²) in [5.41, 5.74) is 3.43. The lowest BCUT2D eigenvalue weighted by atomic mass is 9.91. The summed E-state index contributed by atoms with van der Waals surface area (Å²) in [4.78, 5) is 31.8. The van der Waals surface area contributed by atoms with Crippen LogP contribution in [0, 0.1) is 11.9 Å². The largest absolute Gasteiger partial charge is 0.467 e. The van der Waals surface area contributed by atoms with Gasteiger partial charge in [0.15, 0.2) is 0 Å². The average molecular weight is 611 g/mol. The number of pyridine rings is 1. The molecule has 1 aromatic carbocycles. The first kappa shape index (κ1) is 28.0. The molecule has 3 aromatic heterocycles. The molecule has 0 unspecified atom stereocenters. The number of hydroxylamine groups is 2. The molecule has 208 valence electrons. The van der Waals surface area contributed by atoms with Gasteiger partial charge in [-0.15, -0.1) is 0 Å². The SMILES string of the molecule is COCCN1C[C@@H](CC(=O)Cc2c(Br)c(-c3cnc(OC)nc3)nn2-c2ccccc2)[C@H](c2ccnc(F)c2)O1. The Morgan fingerprint density at radius 2 is 1.93 bits per heavy atom. The van der Waals surface area contributed by atoms with E-state index in [4.69, 9.17) is 19.4 Å². The normalized spacial score (nSPS) is 17.3. The van der Waals surface area contributed by atoms with Crippen LogP contribution in [0.1, 0.15) is 23.8 Å². The van der Waals surface area contributed by atoms with Crippen LogP contribution in [-0.4, -0.2) is 69.5 Å². The second-order valence-corrected chi connectivity index (χ2v) is 10.1. The van der Waals surface area contributed by atoms with Crippen LogP contribution in [0.3, 0.4) is 0 Å². The predicted molar refractivity (Wildman–Crippen MR) is 147 cm³/mol. The maximum absolute atomic E-state index is 13.9. The topological polar surface area (TPSA) is 104 Å². The minimum atomic E-state index is -0.591. The summed E-state index contributed by atoms with van der Waals surface area (Å²) in [5, 5.41) is 6.58. The molecule has 0 bridgehead atoms. The summed E-state index contributed by atoms with van der Waals surface area (Å²) in [5.74, 6) is -0.781. The van der Waals surface area contributed by atoms with Crippen molar-refractivity contribution in [3.05, 3.63) is 82.7 Å². The second-order valence-electron chi connectivity index (χ2n) is 9.31. The summed E-state index contributed by atoms with van der Waals surface area (Å²) in [7, 11) is 3.12. The number of ether oxygens (including phenoxy) is 2. The Labute approximate surface area is 239 Å². The van der Waals surface area contributed by atoms with Crippen LogP contribution in [0.4, 0.5) is 4.39 Å². The highest BCUT2D eigenvalue weighted by Gasteiger charge is 2.37. The van der Waals surface area contributed by atoms with Gasteiger partial charge in [0.1, 0.15) is 17.6 Å². The molecule has 5 rings (SSSR count). The van der Waals surface area contributed by atoms with Crippen molar-refractivity contribution in [2.75, 3.05) is 33.9 Å². The molecule has 12 heteroatoms. The van der Waals surface area contributed by atoms with Crippen molar-refractivity contribution < 1.29 is 23.5 Å². The molecule has 0 spiro atoms. The van der Waals surface area contributed by atoms with Gasteiger partial charge in [-0.2, -0.15) is 14.6 Å². The number of Topliss-reactive ketones (excluding diaryl/α,β-unsaturated/α-hetero) is 1. The van der Waals surface area contributed by atoms with Gasteiger partial charge in [0.2, 0.25) is 5.95 Å². The van der Waals surface area contributed by atoms with Gasteiger partial charge in [0, 0.05) is 63.1 Å². The van der Waals surface area contributed by atoms with Gasteiger partial charge in [0.25, 0.3) is 0 Å². The van der Waals surface area contributed by atoms with Crippen LogP contribution >= 0.6 is 15.9 Å². The molecule has 1 aliphatic heterocycles. The van der Waals surface area contributed by atoms with Crippen molar-refractivity contribution in [3.63, 3.8) is 0 Å². The zero-order chi connectivity index (χ0) is 28.1. The number of nitrogens with zero attached hydrogens (tertiary/aromatic N) is 6. The number of carbonyl (C=O) groups excluding carboxylic acids is 1. The van der Waals surface area contributed by atoms with Gasteiger partial charge < -0.3 is 9.47 Å². The van der Waals surface area contributed by atoms with Crippen molar-refractivity contribution in [3.8, 4) is 23.0 Å². The molecule has 0 radical (unpaired) electrons. The highest BCUT2D eigenvalue weighted by atomic mass is 79.9. The fraction of sp³-hybridized carbons (Fsp3) is 0.321. The van der Waals surface area contributed by atoms with Crippen molar-refractivity contribution in [1.29, 1.82) is 0 Å². The third-order valence-electron chi connectivity index (χ3n) is 6.61. The van der Waals surface area contributed by atoms with Crippen LogP contribution in [0.2, 0.25) is 0 Å². The number of aromatic nitrogens is 5. The Hall–Kier alpha value is -3.58.